The van der Waals surface area contributed by atoms with Crippen molar-refractivity contribution in [2.75, 3.05) is 5.32 Å². The van der Waals surface area contributed by atoms with Crippen LogP contribution in [0.5, 0.6) is 0 Å². The predicted molar refractivity (Wildman–Crippen MR) is 65.9 cm³/mol. The maximum atomic E-state index is 13.7. The van der Waals surface area contributed by atoms with Crippen molar-refractivity contribution in [3.05, 3.63) is 29.3 Å². The van der Waals surface area contributed by atoms with Gasteiger partial charge in [0, 0.05) is 6.04 Å². The van der Waals surface area contributed by atoms with Gasteiger partial charge in [-0.3, -0.25) is 0 Å². The van der Waals surface area contributed by atoms with E-state index >= 15 is 0 Å². The molecule has 0 saturated carbocycles. The number of rotatable bonds is 3. The minimum absolute atomic E-state index is 0.169. The van der Waals surface area contributed by atoms with Crippen LogP contribution in [-0.2, 0) is 0 Å². The topological polar surface area (TPSA) is 49.3 Å². The third-order valence-corrected chi connectivity index (χ3v) is 2.95. The van der Waals surface area contributed by atoms with Gasteiger partial charge in [0.1, 0.15) is 17.3 Å². The molecule has 2 N–H and O–H groups in total. The van der Waals surface area contributed by atoms with E-state index in [1.165, 1.54) is 0 Å². The van der Waals surface area contributed by atoms with Crippen LogP contribution in [0.25, 0.3) is 0 Å². The van der Waals surface area contributed by atoms with Crippen molar-refractivity contribution < 1.29 is 18.7 Å². The fraction of sp³-hybridized carbons (Fsp3) is 0.462. The average molecular weight is 257 g/mol. The Bertz CT molecular complexity index is 444. The summed E-state index contributed by atoms with van der Waals surface area (Å²) in [4.78, 5) is 10.6. The van der Waals surface area contributed by atoms with Gasteiger partial charge in [-0.15, -0.1) is 0 Å². The molecular weight excluding hydrogens is 240 g/mol. The summed E-state index contributed by atoms with van der Waals surface area (Å²) in [5, 5.41) is 11.4. The lowest BCUT2D eigenvalue weighted by Gasteiger charge is -2.29. The van der Waals surface area contributed by atoms with Crippen molar-refractivity contribution >= 4 is 11.7 Å². The zero-order valence-electron chi connectivity index (χ0n) is 10.8. The molecule has 1 aromatic rings. The Morgan fingerprint density at radius 3 is 2.06 bits per heavy atom. The highest BCUT2D eigenvalue weighted by Gasteiger charge is 2.23. The van der Waals surface area contributed by atoms with Crippen LogP contribution in [0.2, 0.25) is 0 Å². The number of benzene rings is 1. The predicted octanol–water partition coefficient (Wildman–Crippen LogP) is 3.51. The molecule has 5 heteroatoms. The van der Waals surface area contributed by atoms with Gasteiger partial charge >= 0.3 is 5.97 Å². The first-order valence-corrected chi connectivity index (χ1v) is 5.62. The maximum absolute atomic E-state index is 13.7. The molecule has 1 unspecified atom stereocenters. The summed E-state index contributed by atoms with van der Waals surface area (Å²) in [7, 11) is 0. The Kier molecular flexibility index (Phi) is 3.94. The number of carbonyl (C=O) groups is 1. The molecule has 1 rings (SSSR count). The fourth-order valence-corrected chi connectivity index (χ4v) is 1.27. The summed E-state index contributed by atoms with van der Waals surface area (Å²) in [6, 6.07) is 1.45. The van der Waals surface area contributed by atoms with Crippen LogP contribution in [0.3, 0.4) is 0 Å². The summed E-state index contributed by atoms with van der Waals surface area (Å²) in [6.07, 6.45) is 0. The Morgan fingerprint density at radius 2 is 1.72 bits per heavy atom. The molecule has 1 atom stereocenters. The van der Waals surface area contributed by atoms with Crippen LogP contribution in [0.4, 0.5) is 14.5 Å². The van der Waals surface area contributed by atoms with Gasteiger partial charge in [-0.1, -0.05) is 20.8 Å². The minimum Gasteiger partial charge on any atom is -0.478 e. The molecule has 0 spiro atoms. The van der Waals surface area contributed by atoms with Gasteiger partial charge in [-0.2, -0.15) is 0 Å². The highest BCUT2D eigenvalue weighted by molar-refractivity contribution is 5.88. The van der Waals surface area contributed by atoms with Crippen molar-refractivity contribution in [1.29, 1.82) is 0 Å². The van der Waals surface area contributed by atoms with E-state index in [-0.39, 0.29) is 17.1 Å². The summed E-state index contributed by atoms with van der Waals surface area (Å²) in [5.41, 5.74) is -0.869. The highest BCUT2D eigenvalue weighted by Crippen LogP contribution is 2.27. The number of hydrogen-bond donors (Lipinski definition) is 2. The monoisotopic (exact) mass is 257 g/mol. The van der Waals surface area contributed by atoms with E-state index in [1.54, 1.807) is 0 Å². The molecule has 0 radical (unpaired) electrons. The van der Waals surface area contributed by atoms with Crippen LogP contribution in [0, 0.1) is 17.0 Å². The number of halogens is 2. The largest absolute Gasteiger partial charge is 0.478 e. The zero-order chi connectivity index (χ0) is 14.1. The second-order valence-electron chi connectivity index (χ2n) is 5.35. The second kappa shape index (κ2) is 4.92. The number of hydrogen-bond acceptors (Lipinski definition) is 2. The van der Waals surface area contributed by atoms with Crippen LogP contribution in [0.15, 0.2) is 12.1 Å². The highest BCUT2D eigenvalue weighted by atomic mass is 19.1. The van der Waals surface area contributed by atoms with Crippen molar-refractivity contribution in [3.8, 4) is 0 Å². The van der Waals surface area contributed by atoms with Crippen LogP contribution in [-0.4, -0.2) is 17.1 Å². The zero-order valence-corrected chi connectivity index (χ0v) is 10.8. The SMILES string of the molecule is CC(Nc1c(F)cc(C(=O)O)cc1F)C(C)(C)C. The minimum atomic E-state index is -1.36. The second-order valence-corrected chi connectivity index (χ2v) is 5.35. The molecular formula is C13H17F2NO2. The Balaban J connectivity index is 3.08. The Labute approximate surface area is 105 Å². The summed E-state index contributed by atoms with van der Waals surface area (Å²) in [5.74, 6) is -3.16. The number of carboxylic acids is 1. The standard InChI is InChI=1S/C13H17F2NO2/c1-7(13(2,3)4)16-11-9(14)5-8(12(17)18)6-10(11)15/h5-7,16H,1-4H3,(H,17,18). The Morgan fingerprint density at radius 1 is 1.28 bits per heavy atom. The van der Waals surface area contributed by atoms with Gasteiger partial charge in [0.2, 0.25) is 0 Å². The van der Waals surface area contributed by atoms with Crippen LogP contribution >= 0.6 is 0 Å². The lowest BCUT2D eigenvalue weighted by molar-refractivity contribution is 0.0696. The lowest BCUT2D eigenvalue weighted by atomic mass is 9.88. The Hall–Kier alpha value is -1.65. The van der Waals surface area contributed by atoms with Gasteiger partial charge in [-0.05, 0) is 24.5 Å². The van der Waals surface area contributed by atoms with Crippen molar-refractivity contribution in [1.82, 2.24) is 0 Å². The van der Waals surface area contributed by atoms with Gasteiger partial charge in [-0.25, -0.2) is 13.6 Å². The van der Waals surface area contributed by atoms with Crippen molar-refractivity contribution in [3.63, 3.8) is 0 Å². The molecule has 0 aromatic heterocycles. The molecule has 0 saturated heterocycles. The molecule has 0 heterocycles. The molecule has 0 aliphatic heterocycles. The van der Waals surface area contributed by atoms with Crippen molar-refractivity contribution in [2.24, 2.45) is 5.41 Å². The first-order chi connectivity index (χ1) is 8.12. The first-order valence-electron chi connectivity index (χ1n) is 5.62. The summed E-state index contributed by atoms with van der Waals surface area (Å²) >= 11 is 0. The first kappa shape index (κ1) is 14.4. The molecule has 100 valence electrons. The average Bonchev–Trinajstić information content (AvgIpc) is 2.21. The van der Waals surface area contributed by atoms with Crippen LogP contribution in [0.1, 0.15) is 38.1 Å². The van der Waals surface area contributed by atoms with E-state index in [0.29, 0.717) is 0 Å². The number of carboxylic acid groups (broad SMARTS) is 1. The third kappa shape index (κ3) is 3.18. The molecule has 0 fully saturated rings. The fourth-order valence-electron chi connectivity index (χ4n) is 1.27. The van der Waals surface area contributed by atoms with E-state index in [9.17, 15) is 13.6 Å². The van der Waals surface area contributed by atoms with Gasteiger partial charge in [0.25, 0.3) is 0 Å². The van der Waals surface area contributed by atoms with E-state index in [4.69, 9.17) is 5.11 Å². The normalized spacial score (nSPS) is 13.2. The van der Waals surface area contributed by atoms with E-state index in [1.807, 2.05) is 27.7 Å². The molecule has 0 amide bonds. The number of nitrogens with one attached hydrogen (secondary N) is 1. The molecule has 0 bridgehead atoms. The van der Waals surface area contributed by atoms with Crippen LogP contribution < -0.4 is 5.32 Å². The van der Waals surface area contributed by atoms with E-state index in [2.05, 4.69) is 5.32 Å². The van der Waals surface area contributed by atoms with Gasteiger partial charge < -0.3 is 10.4 Å². The molecule has 18 heavy (non-hydrogen) atoms. The molecule has 0 aliphatic carbocycles. The quantitative estimate of drug-likeness (QED) is 0.871. The lowest BCUT2D eigenvalue weighted by Crippen LogP contribution is -2.31. The van der Waals surface area contributed by atoms with E-state index in [0.717, 1.165) is 12.1 Å². The van der Waals surface area contributed by atoms with Gasteiger partial charge in [0.15, 0.2) is 0 Å². The smallest absolute Gasteiger partial charge is 0.335 e. The maximum Gasteiger partial charge on any atom is 0.335 e. The number of aromatic carboxylic acids is 1. The third-order valence-electron chi connectivity index (χ3n) is 2.95. The van der Waals surface area contributed by atoms with Crippen molar-refractivity contribution in [2.45, 2.75) is 33.7 Å². The number of anilines is 1. The van der Waals surface area contributed by atoms with Gasteiger partial charge in [0.05, 0.1) is 5.56 Å². The molecule has 0 aliphatic rings. The molecule has 1 aromatic carbocycles. The summed E-state index contributed by atoms with van der Waals surface area (Å²) in [6.45, 7) is 7.62. The van der Waals surface area contributed by atoms with E-state index < -0.39 is 23.2 Å². The molecule has 3 nitrogen and oxygen atoms in total. The summed E-state index contributed by atoms with van der Waals surface area (Å²) < 4.78 is 27.3.